The van der Waals surface area contributed by atoms with Crippen LogP contribution in [0.4, 0.5) is 0 Å². The molecule has 0 N–H and O–H groups in total. The molecule has 1 aliphatic heterocycles. The lowest BCUT2D eigenvalue weighted by atomic mass is 9.90. The van der Waals surface area contributed by atoms with Crippen molar-refractivity contribution < 1.29 is 19.0 Å². The van der Waals surface area contributed by atoms with Crippen LogP contribution in [-0.4, -0.2) is 45.2 Å². The van der Waals surface area contributed by atoms with E-state index in [-0.39, 0.29) is 5.91 Å². The Hall–Kier alpha value is -2.95. The molecular weight excluding hydrogens is 366 g/mol. The van der Waals surface area contributed by atoms with Gasteiger partial charge in [0.15, 0.2) is 11.5 Å². The van der Waals surface area contributed by atoms with E-state index in [0.717, 1.165) is 37.9 Å². The summed E-state index contributed by atoms with van der Waals surface area (Å²) in [6, 6.07) is 14.2. The lowest BCUT2D eigenvalue weighted by molar-refractivity contribution is -0.127. The van der Waals surface area contributed by atoms with Crippen LogP contribution in [0.2, 0.25) is 0 Å². The summed E-state index contributed by atoms with van der Waals surface area (Å²) in [5.41, 5.74) is 2.20. The van der Waals surface area contributed by atoms with Gasteiger partial charge in [-0.2, -0.15) is 0 Å². The number of likely N-dealkylation sites (tertiary alicyclic amines) is 1. The minimum absolute atomic E-state index is 0.0388. The summed E-state index contributed by atoms with van der Waals surface area (Å²) in [6.07, 6.45) is 6.59. The molecule has 0 spiro atoms. The first-order chi connectivity index (χ1) is 14.1. The monoisotopic (exact) mass is 395 g/mol. The number of piperidine rings is 1. The first kappa shape index (κ1) is 20.8. The maximum absolute atomic E-state index is 12.6. The van der Waals surface area contributed by atoms with E-state index in [4.69, 9.17) is 14.2 Å². The van der Waals surface area contributed by atoms with Gasteiger partial charge in [0.05, 0.1) is 21.3 Å². The quantitative estimate of drug-likeness (QED) is 0.659. The van der Waals surface area contributed by atoms with E-state index in [9.17, 15) is 4.79 Å². The van der Waals surface area contributed by atoms with Gasteiger partial charge in [-0.1, -0.05) is 30.3 Å². The first-order valence-electron chi connectivity index (χ1n) is 9.95. The zero-order valence-electron chi connectivity index (χ0n) is 17.4. The number of amides is 1. The Kier molecular flexibility index (Phi) is 7.17. The minimum atomic E-state index is 0.0388. The maximum Gasteiger partial charge on any atom is 0.246 e. The molecule has 0 unspecified atom stereocenters. The number of carbonyl (C=O) groups is 1. The fourth-order valence-electron chi connectivity index (χ4n) is 3.78. The standard InChI is InChI=1S/C24H29NO4/c1-27-21-16-20(17-22(28-2)24(21)29-3)9-10-23(26)25-13-11-19(12-14-25)15-18-7-5-4-6-8-18/h4-10,16-17,19H,11-15H2,1-3H3/b10-9+. The largest absolute Gasteiger partial charge is 0.493 e. The maximum atomic E-state index is 12.6. The van der Waals surface area contributed by atoms with Gasteiger partial charge in [0.1, 0.15) is 0 Å². The van der Waals surface area contributed by atoms with E-state index < -0.39 is 0 Å². The molecule has 0 bridgehead atoms. The van der Waals surface area contributed by atoms with Crippen molar-refractivity contribution in [1.29, 1.82) is 0 Å². The van der Waals surface area contributed by atoms with Gasteiger partial charge in [0.25, 0.3) is 0 Å². The molecule has 1 amide bonds. The fraction of sp³-hybridized carbons (Fsp3) is 0.375. The predicted molar refractivity (Wildman–Crippen MR) is 115 cm³/mol. The summed E-state index contributed by atoms with van der Waals surface area (Å²) in [4.78, 5) is 14.5. The number of ether oxygens (including phenoxy) is 3. The van der Waals surface area contributed by atoms with Crippen LogP contribution in [0, 0.1) is 5.92 Å². The van der Waals surface area contributed by atoms with E-state index in [1.165, 1.54) is 5.56 Å². The van der Waals surface area contributed by atoms with Crippen LogP contribution < -0.4 is 14.2 Å². The SMILES string of the molecule is COc1cc(/C=C/C(=O)N2CCC(Cc3ccccc3)CC2)cc(OC)c1OC. The van der Waals surface area contributed by atoms with Crippen LogP contribution >= 0.6 is 0 Å². The second-order valence-corrected chi connectivity index (χ2v) is 7.25. The average Bonchev–Trinajstić information content (AvgIpc) is 2.77. The van der Waals surface area contributed by atoms with E-state index in [1.54, 1.807) is 33.5 Å². The molecule has 0 atom stereocenters. The molecule has 1 aliphatic rings. The lowest BCUT2D eigenvalue weighted by Crippen LogP contribution is -2.37. The van der Waals surface area contributed by atoms with Crippen molar-refractivity contribution in [1.82, 2.24) is 4.90 Å². The van der Waals surface area contributed by atoms with Crippen LogP contribution in [0.3, 0.4) is 0 Å². The molecule has 3 rings (SSSR count). The average molecular weight is 395 g/mol. The third-order valence-corrected chi connectivity index (χ3v) is 5.40. The van der Waals surface area contributed by atoms with Gasteiger partial charge in [-0.15, -0.1) is 0 Å². The Morgan fingerprint density at radius 3 is 2.17 bits per heavy atom. The molecule has 0 radical (unpaired) electrons. The van der Waals surface area contributed by atoms with Crippen LogP contribution in [0.5, 0.6) is 17.2 Å². The van der Waals surface area contributed by atoms with E-state index in [0.29, 0.717) is 23.2 Å². The van der Waals surface area contributed by atoms with E-state index >= 15 is 0 Å². The third-order valence-electron chi connectivity index (χ3n) is 5.40. The normalized spacial score (nSPS) is 14.8. The van der Waals surface area contributed by atoms with E-state index in [1.807, 2.05) is 23.1 Å². The Labute approximate surface area is 172 Å². The molecule has 1 fully saturated rings. The van der Waals surface area contributed by atoms with Crippen LogP contribution in [0.15, 0.2) is 48.5 Å². The smallest absolute Gasteiger partial charge is 0.246 e. The van der Waals surface area contributed by atoms with Crippen LogP contribution in [0.25, 0.3) is 6.08 Å². The summed E-state index contributed by atoms with van der Waals surface area (Å²) in [7, 11) is 4.73. The number of carbonyl (C=O) groups excluding carboxylic acids is 1. The molecule has 5 nitrogen and oxygen atoms in total. The third kappa shape index (κ3) is 5.31. The number of hydrogen-bond donors (Lipinski definition) is 0. The Balaban J connectivity index is 1.59. The number of hydrogen-bond acceptors (Lipinski definition) is 4. The molecular formula is C24H29NO4. The summed E-state index contributed by atoms with van der Waals surface area (Å²) < 4.78 is 16.1. The van der Waals surface area contributed by atoms with Crippen LogP contribution in [-0.2, 0) is 11.2 Å². The van der Waals surface area contributed by atoms with Crippen molar-refractivity contribution in [3.63, 3.8) is 0 Å². The van der Waals surface area contributed by atoms with Gasteiger partial charge in [0, 0.05) is 19.2 Å². The molecule has 1 heterocycles. The van der Waals surface area contributed by atoms with Crippen molar-refractivity contribution in [2.45, 2.75) is 19.3 Å². The molecule has 5 heteroatoms. The molecule has 0 saturated carbocycles. The van der Waals surface area contributed by atoms with Crippen molar-refractivity contribution in [3.05, 3.63) is 59.7 Å². The fourth-order valence-corrected chi connectivity index (χ4v) is 3.78. The first-order valence-corrected chi connectivity index (χ1v) is 9.95. The zero-order chi connectivity index (χ0) is 20.6. The summed E-state index contributed by atoms with van der Waals surface area (Å²) in [5, 5.41) is 0. The highest BCUT2D eigenvalue weighted by atomic mass is 16.5. The second-order valence-electron chi connectivity index (χ2n) is 7.25. The summed E-state index contributed by atoms with van der Waals surface area (Å²) in [6.45, 7) is 1.60. The Morgan fingerprint density at radius 1 is 1.00 bits per heavy atom. The Morgan fingerprint density at radius 2 is 1.62 bits per heavy atom. The zero-order valence-corrected chi connectivity index (χ0v) is 17.4. The Bertz CT molecular complexity index is 814. The van der Waals surface area contributed by atoms with Crippen molar-refractivity contribution in [2.24, 2.45) is 5.92 Å². The molecule has 29 heavy (non-hydrogen) atoms. The molecule has 2 aromatic carbocycles. The number of nitrogens with zero attached hydrogens (tertiary/aromatic N) is 1. The van der Waals surface area contributed by atoms with Crippen molar-refractivity contribution in [3.8, 4) is 17.2 Å². The minimum Gasteiger partial charge on any atom is -0.493 e. The molecule has 0 aromatic heterocycles. The number of rotatable bonds is 7. The van der Waals surface area contributed by atoms with Gasteiger partial charge >= 0.3 is 0 Å². The van der Waals surface area contributed by atoms with E-state index in [2.05, 4.69) is 24.3 Å². The summed E-state index contributed by atoms with van der Waals surface area (Å²) in [5.74, 6) is 2.36. The van der Waals surface area contributed by atoms with Gasteiger partial charge in [-0.05, 0) is 54.5 Å². The highest BCUT2D eigenvalue weighted by Crippen LogP contribution is 2.38. The lowest BCUT2D eigenvalue weighted by Gasteiger charge is -2.31. The molecule has 2 aromatic rings. The van der Waals surface area contributed by atoms with Crippen molar-refractivity contribution >= 4 is 12.0 Å². The number of methoxy groups -OCH3 is 3. The van der Waals surface area contributed by atoms with Crippen molar-refractivity contribution in [2.75, 3.05) is 34.4 Å². The second kappa shape index (κ2) is 10.0. The molecule has 1 saturated heterocycles. The number of benzene rings is 2. The molecule has 154 valence electrons. The van der Waals surface area contributed by atoms with Gasteiger partial charge in [-0.25, -0.2) is 0 Å². The predicted octanol–water partition coefficient (Wildman–Crippen LogP) is 4.21. The van der Waals surface area contributed by atoms with Crippen LogP contribution in [0.1, 0.15) is 24.0 Å². The van der Waals surface area contributed by atoms with Gasteiger partial charge in [-0.3, -0.25) is 4.79 Å². The molecule has 0 aliphatic carbocycles. The summed E-state index contributed by atoms with van der Waals surface area (Å²) >= 11 is 0. The van der Waals surface area contributed by atoms with Gasteiger partial charge < -0.3 is 19.1 Å². The topological polar surface area (TPSA) is 48.0 Å². The van der Waals surface area contributed by atoms with Gasteiger partial charge in [0.2, 0.25) is 11.7 Å². The highest BCUT2D eigenvalue weighted by Gasteiger charge is 2.21. The highest BCUT2D eigenvalue weighted by molar-refractivity contribution is 5.92.